The number of thiophene rings is 1. The van der Waals surface area contributed by atoms with E-state index in [1.165, 1.54) is 11.3 Å². The van der Waals surface area contributed by atoms with Gasteiger partial charge in [-0.25, -0.2) is 9.97 Å². The highest BCUT2D eigenvalue weighted by atomic mass is 35.5. The summed E-state index contributed by atoms with van der Waals surface area (Å²) in [5.74, 6) is 0.529. The minimum Gasteiger partial charge on any atom is -0.397 e. The van der Waals surface area contributed by atoms with E-state index in [1.54, 1.807) is 7.05 Å². The van der Waals surface area contributed by atoms with Crippen LogP contribution in [0.3, 0.4) is 0 Å². The summed E-state index contributed by atoms with van der Waals surface area (Å²) >= 11 is 7.34. The average molecular weight is 364 g/mol. The smallest absolute Gasteiger partial charge is 0.224 e. The molecule has 0 aliphatic heterocycles. The van der Waals surface area contributed by atoms with Crippen LogP contribution in [-0.2, 0) is 0 Å². The van der Waals surface area contributed by atoms with E-state index in [0.717, 1.165) is 21.5 Å². The number of aliphatic hydroxyl groups is 1. The van der Waals surface area contributed by atoms with Crippen molar-refractivity contribution in [3.8, 4) is 11.3 Å². The summed E-state index contributed by atoms with van der Waals surface area (Å²) < 4.78 is 0. The number of hydrogen-bond donors (Lipinski definition) is 4. The van der Waals surface area contributed by atoms with Gasteiger partial charge in [-0.15, -0.1) is 11.3 Å². The fourth-order valence-electron chi connectivity index (χ4n) is 2.43. The van der Waals surface area contributed by atoms with E-state index >= 15 is 0 Å². The Morgan fingerprint density at radius 1 is 1.29 bits per heavy atom. The second kappa shape index (κ2) is 6.90. The molecule has 0 aliphatic rings. The Kier molecular flexibility index (Phi) is 4.86. The number of anilines is 2. The van der Waals surface area contributed by atoms with E-state index < -0.39 is 6.23 Å². The zero-order valence-electron chi connectivity index (χ0n) is 13.3. The Bertz CT molecular complexity index is 865. The van der Waals surface area contributed by atoms with Gasteiger partial charge < -0.3 is 16.2 Å². The quantitative estimate of drug-likeness (QED) is 0.520. The molecule has 5 N–H and O–H groups in total. The van der Waals surface area contributed by atoms with Crippen molar-refractivity contribution in [3.05, 3.63) is 34.2 Å². The summed E-state index contributed by atoms with van der Waals surface area (Å²) in [4.78, 5) is 10.5. The molecule has 0 spiro atoms. The van der Waals surface area contributed by atoms with Gasteiger partial charge in [0.1, 0.15) is 11.1 Å². The second-order valence-electron chi connectivity index (χ2n) is 5.18. The van der Waals surface area contributed by atoms with Crippen LogP contribution >= 0.6 is 22.9 Å². The van der Waals surface area contributed by atoms with Crippen molar-refractivity contribution in [1.82, 2.24) is 15.3 Å². The first kappa shape index (κ1) is 16.9. The molecule has 1 unspecified atom stereocenters. The number of halogens is 1. The molecule has 0 fully saturated rings. The molecule has 126 valence electrons. The normalized spacial score (nSPS) is 12.5. The lowest BCUT2D eigenvalue weighted by atomic mass is 10.1. The highest BCUT2D eigenvalue weighted by Crippen LogP contribution is 2.41. The molecule has 0 amide bonds. The number of nitrogens with one attached hydrogen (secondary N) is 2. The number of nitrogen functional groups attached to an aromatic ring is 1. The van der Waals surface area contributed by atoms with E-state index in [2.05, 4.69) is 20.6 Å². The van der Waals surface area contributed by atoms with Crippen LogP contribution in [0.1, 0.15) is 18.0 Å². The van der Waals surface area contributed by atoms with Crippen molar-refractivity contribution in [1.29, 1.82) is 0 Å². The van der Waals surface area contributed by atoms with E-state index in [1.807, 2.05) is 31.2 Å². The predicted molar refractivity (Wildman–Crippen MR) is 100 cm³/mol. The zero-order valence-corrected chi connectivity index (χ0v) is 14.9. The third kappa shape index (κ3) is 3.03. The van der Waals surface area contributed by atoms with E-state index in [-0.39, 0.29) is 0 Å². The van der Waals surface area contributed by atoms with Crippen molar-refractivity contribution < 1.29 is 5.11 Å². The summed E-state index contributed by atoms with van der Waals surface area (Å²) in [5, 5.41) is 17.4. The Morgan fingerprint density at radius 3 is 2.62 bits per heavy atom. The monoisotopic (exact) mass is 363 g/mol. The molecular formula is C16H18ClN5OS. The first-order chi connectivity index (χ1) is 11.5. The van der Waals surface area contributed by atoms with Gasteiger partial charge in [0.25, 0.3) is 0 Å². The maximum Gasteiger partial charge on any atom is 0.224 e. The van der Waals surface area contributed by atoms with Gasteiger partial charge in [-0.3, -0.25) is 5.32 Å². The first-order valence-corrected chi connectivity index (χ1v) is 8.69. The topological polar surface area (TPSA) is 96.1 Å². The molecule has 8 heteroatoms. The molecule has 6 nitrogen and oxygen atoms in total. The fourth-order valence-corrected chi connectivity index (χ4v) is 3.64. The third-order valence-corrected chi connectivity index (χ3v) is 5.00. The molecule has 24 heavy (non-hydrogen) atoms. The van der Waals surface area contributed by atoms with Crippen molar-refractivity contribution in [2.45, 2.75) is 13.2 Å². The van der Waals surface area contributed by atoms with Crippen LogP contribution in [0.15, 0.2) is 24.3 Å². The molecule has 3 rings (SSSR count). The molecule has 2 aromatic heterocycles. The Hall–Kier alpha value is -1.93. The molecule has 3 aromatic rings. The van der Waals surface area contributed by atoms with Gasteiger partial charge in [0.05, 0.1) is 21.6 Å². The van der Waals surface area contributed by atoms with Crippen LogP contribution in [0, 0.1) is 0 Å². The maximum absolute atomic E-state index is 10.1. The molecule has 0 aliphatic carbocycles. The lowest BCUT2D eigenvalue weighted by Crippen LogP contribution is -2.15. The van der Waals surface area contributed by atoms with Crippen LogP contribution in [-0.4, -0.2) is 28.7 Å². The first-order valence-electron chi connectivity index (χ1n) is 7.50. The Labute approximate surface area is 148 Å². The molecule has 1 aromatic carbocycles. The van der Waals surface area contributed by atoms with Crippen LogP contribution < -0.4 is 16.4 Å². The Morgan fingerprint density at radius 2 is 2.00 bits per heavy atom. The van der Waals surface area contributed by atoms with Gasteiger partial charge in [0.2, 0.25) is 5.95 Å². The largest absolute Gasteiger partial charge is 0.397 e. The number of nitrogens with two attached hydrogens (primary N) is 1. The molecule has 0 saturated heterocycles. The molecular weight excluding hydrogens is 346 g/mol. The van der Waals surface area contributed by atoms with Crippen LogP contribution in [0.5, 0.6) is 0 Å². The SMILES string of the molecule is CCNc1nc(-c2ccc(Cl)cc2)c2c(N)c(C(O)NC)sc2n1. The second-order valence-corrected chi connectivity index (χ2v) is 6.65. The summed E-state index contributed by atoms with van der Waals surface area (Å²) in [6.07, 6.45) is -0.843. The van der Waals surface area contributed by atoms with Gasteiger partial charge in [0.15, 0.2) is 0 Å². The van der Waals surface area contributed by atoms with Crippen LogP contribution in [0.2, 0.25) is 5.02 Å². The number of nitrogens with zero attached hydrogens (tertiary/aromatic N) is 2. The van der Waals surface area contributed by atoms with E-state index in [0.29, 0.717) is 28.1 Å². The van der Waals surface area contributed by atoms with Gasteiger partial charge in [-0.1, -0.05) is 23.7 Å². The number of hydrogen-bond acceptors (Lipinski definition) is 7. The van der Waals surface area contributed by atoms with Gasteiger partial charge in [-0.05, 0) is 26.1 Å². The van der Waals surface area contributed by atoms with E-state index in [4.69, 9.17) is 17.3 Å². The van der Waals surface area contributed by atoms with Gasteiger partial charge in [-0.2, -0.15) is 0 Å². The minimum absolute atomic E-state index is 0.491. The molecule has 0 bridgehead atoms. The minimum atomic E-state index is -0.843. The van der Waals surface area contributed by atoms with E-state index in [9.17, 15) is 5.11 Å². The maximum atomic E-state index is 10.1. The summed E-state index contributed by atoms with van der Waals surface area (Å²) in [5.41, 5.74) is 8.39. The van der Waals surface area contributed by atoms with Crippen molar-refractivity contribution in [3.63, 3.8) is 0 Å². The third-order valence-electron chi connectivity index (χ3n) is 3.59. The predicted octanol–water partition coefficient (Wildman–Crippen LogP) is 3.24. The standard InChI is InChI=1S/C16H18ClN5OS/c1-3-20-16-21-12(8-4-6-9(17)7-5-8)10-11(18)13(14(23)19-2)24-15(10)22-16/h4-7,14,19,23H,3,18H2,1-2H3,(H,20,21,22). The number of rotatable bonds is 5. The van der Waals surface area contributed by atoms with Gasteiger partial charge in [0, 0.05) is 17.1 Å². The van der Waals surface area contributed by atoms with Crippen molar-refractivity contribution in [2.24, 2.45) is 0 Å². The number of fused-ring (bicyclic) bond motifs is 1. The van der Waals surface area contributed by atoms with Crippen LogP contribution in [0.4, 0.5) is 11.6 Å². The lowest BCUT2D eigenvalue weighted by molar-refractivity contribution is 0.154. The number of aromatic nitrogens is 2. The molecule has 1 atom stereocenters. The zero-order chi connectivity index (χ0) is 17.3. The highest BCUT2D eigenvalue weighted by Gasteiger charge is 2.21. The molecule has 0 saturated carbocycles. The van der Waals surface area contributed by atoms with Crippen LogP contribution in [0.25, 0.3) is 21.5 Å². The van der Waals surface area contributed by atoms with Crippen molar-refractivity contribution >= 4 is 44.8 Å². The summed E-state index contributed by atoms with van der Waals surface area (Å²) in [6, 6.07) is 7.41. The number of benzene rings is 1. The lowest BCUT2D eigenvalue weighted by Gasteiger charge is -2.09. The summed E-state index contributed by atoms with van der Waals surface area (Å²) in [6.45, 7) is 2.69. The Balaban J connectivity index is 2.28. The van der Waals surface area contributed by atoms with Gasteiger partial charge >= 0.3 is 0 Å². The fraction of sp³-hybridized carbons (Fsp3) is 0.250. The molecule has 2 heterocycles. The highest BCUT2D eigenvalue weighted by molar-refractivity contribution is 7.19. The average Bonchev–Trinajstić information content (AvgIpc) is 2.91. The number of aliphatic hydroxyl groups excluding tert-OH is 1. The summed E-state index contributed by atoms with van der Waals surface area (Å²) in [7, 11) is 1.67. The molecule has 0 radical (unpaired) electrons. The van der Waals surface area contributed by atoms with Crippen molar-refractivity contribution in [2.75, 3.05) is 24.6 Å².